The number of amides is 2. The van der Waals surface area contributed by atoms with E-state index in [2.05, 4.69) is 20.1 Å². The van der Waals surface area contributed by atoms with Crippen molar-refractivity contribution in [2.45, 2.75) is 27.7 Å². The molecule has 0 fully saturated rings. The molecule has 2 aromatic carbocycles. The van der Waals surface area contributed by atoms with Crippen LogP contribution in [0.5, 0.6) is 11.5 Å². The third kappa shape index (κ3) is 8.81. The number of carbonyl (C=O) groups excluding carboxylic acids is 4. The Morgan fingerprint density at radius 2 is 1.03 bits per heavy atom. The molecule has 0 spiro atoms. The Bertz CT molecular complexity index is 939. The van der Waals surface area contributed by atoms with Crippen LogP contribution in [0, 0.1) is 0 Å². The summed E-state index contributed by atoms with van der Waals surface area (Å²) >= 11 is 0. The number of hydrogen-bond acceptors (Lipinski definition) is 8. The molecule has 34 heavy (non-hydrogen) atoms. The van der Waals surface area contributed by atoms with Gasteiger partial charge < -0.3 is 29.6 Å². The highest BCUT2D eigenvalue weighted by molar-refractivity contribution is 5.95. The molecule has 0 saturated heterocycles. The summed E-state index contributed by atoms with van der Waals surface area (Å²) in [6, 6.07) is 9.55. The van der Waals surface area contributed by atoms with Gasteiger partial charge in [-0.2, -0.15) is 0 Å². The molecule has 0 unspecified atom stereocenters. The van der Waals surface area contributed by atoms with Crippen molar-refractivity contribution in [1.82, 2.24) is 0 Å². The molecule has 0 saturated carbocycles. The molecule has 0 atom stereocenters. The summed E-state index contributed by atoms with van der Waals surface area (Å²) in [5.41, 5.74) is 1.83. The Morgan fingerprint density at radius 1 is 0.676 bits per heavy atom. The fourth-order valence-electron chi connectivity index (χ4n) is 2.71. The lowest BCUT2D eigenvalue weighted by Crippen LogP contribution is -2.09. The van der Waals surface area contributed by atoms with Crippen molar-refractivity contribution in [2.75, 3.05) is 38.1 Å². The quantitative estimate of drug-likeness (QED) is 0.555. The molecule has 0 aromatic heterocycles. The number of rotatable bonds is 8. The van der Waals surface area contributed by atoms with Gasteiger partial charge in [0.15, 0.2) is 0 Å². The van der Waals surface area contributed by atoms with Gasteiger partial charge in [-0.3, -0.25) is 9.59 Å². The fourth-order valence-corrected chi connectivity index (χ4v) is 2.71. The summed E-state index contributed by atoms with van der Waals surface area (Å²) in [6.07, 6.45) is 0. The van der Waals surface area contributed by atoms with Crippen LogP contribution in [0.3, 0.4) is 0 Å². The monoisotopic (exact) mass is 474 g/mol. The van der Waals surface area contributed by atoms with E-state index in [0.717, 1.165) is 0 Å². The van der Waals surface area contributed by atoms with Crippen molar-refractivity contribution in [3.05, 3.63) is 47.5 Å². The van der Waals surface area contributed by atoms with Crippen LogP contribution in [0.2, 0.25) is 0 Å². The van der Waals surface area contributed by atoms with E-state index in [1.165, 1.54) is 28.1 Å². The zero-order chi connectivity index (χ0) is 25.7. The lowest BCUT2D eigenvalue weighted by molar-refractivity contribution is -0.115. The van der Waals surface area contributed by atoms with Crippen LogP contribution in [0.1, 0.15) is 48.4 Å². The van der Waals surface area contributed by atoms with Crippen LogP contribution in [0.15, 0.2) is 36.4 Å². The molecule has 2 rings (SSSR count). The number of hydrogen-bond donors (Lipinski definition) is 2. The van der Waals surface area contributed by atoms with Gasteiger partial charge in [0, 0.05) is 37.4 Å². The molecule has 10 nitrogen and oxygen atoms in total. The van der Waals surface area contributed by atoms with E-state index < -0.39 is 11.9 Å². The van der Waals surface area contributed by atoms with Gasteiger partial charge in [0.2, 0.25) is 11.8 Å². The van der Waals surface area contributed by atoms with Crippen molar-refractivity contribution >= 4 is 35.1 Å². The van der Waals surface area contributed by atoms with Crippen molar-refractivity contribution in [2.24, 2.45) is 0 Å². The van der Waals surface area contributed by atoms with E-state index in [4.69, 9.17) is 9.47 Å². The van der Waals surface area contributed by atoms with Crippen LogP contribution >= 0.6 is 0 Å². The second-order valence-corrected chi connectivity index (χ2v) is 6.63. The summed E-state index contributed by atoms with van der Waals surface area (Å²) in [5, 5.41) is 5.23. The minimum absolute atomic E-state index is 0.182. The van der Waals surface area contributed by atoms with Gasteiger partial charge in [-0.1, -0.05) is 0 Å². The van der Waals surface area contributed by atoms with Gasteiger partial charge in [0.25, 0.3) is 0 Å². The molecule has 2 aromatic rings. The van der Waals surface area contributed by atoms with Crippen LogP contribution in [0.25, 0.3) is 0 Å². The maximum atomic E-state index is 11.5. The molecule has 2 amide bonds. The predicted octanol–water partition coefficient (Wildman–Crippen LogP) is 3.66. The molecule has 0 radical (unpaired) electrons. The normalized spacial score (nSPS) is 9.59. The van der Waals surface area contributed by atoms with Gasteiger partial charge in [-0.25, -0.2) is 9.59 Å². The Balaban J connectivity index is 0.000000340. The Labute approximate surface area is 198 Å². The van der Waals surface area contributed by atoms with Crippen LogP contribution in [-0.4, -0.2) is 51.2 Å². The molecule has 0 heterocycles. The highest BCUT2D eigenvalue weighted by atomic mass is 16.5. The number of anilines is 2. The van der Waals surface area contributed by atoms with Gasteiger partial charge >= 0.3 is 11.9 Å². The summed E-state index contributed by atoms with van der Waals surface area (Å²) < 4.78 is 19.9. The van der Waals surface area contributed by atoms with Crippen molar-refractivity contribution < 1.29 is 38.1 Å². The van der Waals surface area contributed by atoms with E-state index in [1.807, 2.05) is 13.8 Å². The summed E-state index contributed by atoms with van der Waals surface area (Å²) in [7, 11) is 2.61. The number of ether oxygens (including phenoxy) is 4. The van der Waals surface area contributed by atoms with Crippen molar-refractivity contribution in [3.8, 4) is 11.5 Å². The van der Waals surface area contributed by atoms with E-state index in [1.54, 1.807) is 36.4 Å². The molecule has 184 valence electrons. The number of carbonyl (C=O) groups is 4. The highest BCUT2D eigenvalue weighted by Gasteiger charge is 2.14. The fraction of sp³-hybridized carbons (Fsp3) is 0.333. The summed E-state index contributed by atoms with van der Waals surface area (Å²) in [6.45, 7) is 7.29. The largest absolute Gasteiger partial charge is 0.493 e. The SMILES string of the molecule is CCOc1cc(NC(C)=O)ccc1C(=O)OC.CCOc1cc(NC(C)=O)ccc1C(=O)OC. The Kier molecular flexibility index (Phi) is 11.6. The van der Waals surface area contributed by atoms with E-state index in [-0.39, 0.29) is 11.8 Å². The standard InChI is InChI=1S/2C12H15NO4/c2*1-4-17-11-7-9(13-8(2)14)5-6-10(11)12(15)16-3/h2*5-7H,4H2,1-3H3,(H,13,14). The topological polar surface area (TPSA) is 129 Å². The lowest BCUT2D eigenvalue weighted by atomic mass is 10.2. The van der Waals surface area contributed by atoms with E-state index >= 15 is 0 Å². The predicted molar refractivity (Wildman–Crippen MR) is 127 cm³/mol. The first-order chi connectivity index (χ1) is 16.2. The zero-order valence-corrected chi connectivity index (χ0v) is 20.1. The molecule has 0 bridgehead atoms. The molecule has 10 heteroatoms. The van der Waals surface area contributed by atoms with E-state index in [0.29, 0.717) is 47.2 Å². The first kappa shape index (κ1) is 28.0. The van der Waals surface area contributed by atoms with Crippen LogP contribution in [-0.2, 0) is 19.1 Å². The molecule has 0 aliphatic rings. The lowest BCUT2D eigenvalue weighted by Gasteiger charge is -2.10. The van der Waals surface area contributed by atoms with Crippen molar-refractivity contribution in [1.29, 1.82) is 0 Å². The second kappa shape index (κ2) is 14.1. The third-order valence-electron chi connectivity index (χ3n) is 4.01. The summed E-state index contributed by atoms with van der Waals surface area (Å²) in [5.74, 6) is -0.515. The third-order valence-corrected chi connectivity index (χ3v) is 4.01. The maximum Gasteiger partial charge on any atom is 0.341 e. The van der Waals surface area contributed by atoms with Crippen LogP contribution in [0.4, 0.5) is 11.4 Å². The Hall–Kier alpha value is -4.08. The average molecular weight is 475 g/mol. The minimum Gasteiger partial charge on any atom is -0.493 e. The number of esters is 2. The number of methoxy groups -OCH3 is 2. The van der Waals surface area contributed by atoms with Gasteiger partial charge in [-0.15, -0.1) is 0 Å². The maximum absolute atomic E-state index is 11.5. The minimum atomic E-state index is -0.470. The number of benzene rings is 2. The van der Waals surface area contributed by atoms with Crippen molar-refractivity contribution in [3.63, 3.8) is 0 Å². The molecule has 0 aliphatic heterocycles. The Morgan fingerprint density at radius 3 is 1.29 bits per heavy atom. The molecule has 0 aliphatic carbocycles. The molecular weight excluding hydrogens is 444 g/mol. The first-order valence-corrected chi connectivity index (χ1v) is 10.4. The smallest absolute Gasteiger partial charge is 0.341 e. The van der Waals surface area contributed by atoms with Gasteiger partial charge in [0.05, 0.1) is 27.4 Å². The average Bonchev–Trinajstić information content (AvgIpc) is 2.78. The van der Waals surface area contributed by atoms with Crippen LogP contribution < -0.4 is 20.1 Å². The van der Waals surface area contributed by atoms with Gasteiger partial charge in [0.1, 0.15) is 22.6 Å². The first-order valence-electron chi connectivity index (χ1n) is 10.4. The van der Waals surface area contributed by atoms with Gasteiger partial charge in [-0.05, 0) is 38.1 Å². The number of nitrogens with one attached hydrogen (secondary N) is 2. The summed E-state index contributed by atoms with van der Waals surface area (Å²) in [4.78, 5) is 44.7. The highest BCUT2D eigenvalue weighted by Crippen LogP contribution is 2.25. The van der Waals surface area contributed by atoms with E-state index in [9.17, 15) is 19.2 Å². The second-order valence-electron chi connectivity index (χ2n) is 6.63. The zero-order valence-electron chi connectivity index (χ0n) is 20.1. The molecular formula is C24H30N2O8. The molecule has 2 N–H and O–H groups in total.